The normalized spacial score (nSPS) is 16.7. The highest BCUT2D eigenvalue weighted by Crippen LogP contribution is 2.46. The van der Waals surface area contributed by atoms with Crippen LogP contribution in [-0.2, 0) is 14.9 Å². The maximum atomic E-state index is 6.21. The van der Waals surface area contributed by atoms with Gasteiger partial charge < -0.3 is 20.1 Å². The van der Waals surface area contributed by atoms with Crippen LogP contribution in [0.4, 0.5) is 5.69 Å². The Balaban J connectivity index is 1.86. The lowest BCUT2D eigenvalue weighted by atomic mass is 9.85. The molecule has 2 N–H and O–H groups in total. The third-order valence-corrected chi connectivity index (χ3v) is 5.67. The van der Waals surface area contributed by atoms with Crippen LogP contribution in [0.25, 0.3) is 0 Å². The smallest absolute Gasteiger partial charge is 0.0653 e. The molecule has 0 spiro atoms. The summed E-state index contributed by atoms with van der Waals surface area (Å²) in [7, 11) is 0. The Bertz CT molecular complexity index is 650. The van der Waals surface area contributed by atoms with Crippen LogP contribution in [0.2, 0.25) is 0 Å². The van der Waals surface area contributed by atoms with Gasteiger partial charge in [0.25, 0.3) is 0 Å². The maximum Gasteiger partial charge on any atom is 0.0653 e. The van der Waals surface area contributed by atoms with Gasteiger partial charge in [0.2, 0.25) is 0 Å². The Morgan fingerprint density at radius 1 is 1.00 bits per heavy atom. The van der Waals surface area contributed by atoms with Crippen molar-refractivity contribution in [1.29, 1.82) is 0 Å². The second kappa shape index (κ2) is 8.34. The van der Waals surface area contributed by atoms with E-state index < -0.39 is 0 Å². The van der Waals surface area contributed by atoms with E-state index in [4.69, 9.17) is 15.2 Å². The summed E-state index contributed by atoms with van der Waals surface area (Å²) in [5, 5.41) is 0. The van der Waals surface area contributed by atoms with Crippen molar-refractivity contribution in [2.75, 3.05) is 31.2 Å². The first-order valence-electron chi connectivity index (χ1n) is 10.0. The zero-order valence-electron chi connectivity index (χ0n) is 18.1. The maximum absolute atomic E-state index is 6.21. The Morgan fingerprint density at radius 2 is 1.59 bits per heavy atom. The summed E-state index contributed by atoms with van der Waals surface area (Å²) in [6, 6.07) is 8.56. The van der Waals surface area contributed by atoms with Crippen LogP contribution in [-0.4, -0.2) is 37.5 Å². The molecule has 0 fully saturated rings. The minimum atomic E-state index is -0.227. The van der Waals surface area contributed by atoms with Crippen LogP contribution in [0.15, 0.2) is 36.5 Å². The van der Waals surface area contributed by atoms with E-state index in [0.29, 0.717) is 19.8 Å². The van der Waals surface area contributed by atoms with E-state index in [0.717, 1.165) is 25.1 Å². The number of fused-ring (bicyclic) bond motifs is 1. The Morgan fingerprint density at radius 3 is 2.26 bits per heavy atom. The lowest BCUT2D eigenvalue weighted by Crippen LogP contribution is -2.35. The van der Waals surface area contributed by atoms with Gasteiger partial charge in [-0.1, -0.05) is 38.6 Å². The van der Waals surface area contributed by atoms with Gasteiger partial charge >= 0.3 is 0 Å². The fourth-order valence-electron chi connectivity index (χ4n) is 3.61. The van der Waals surface area contributed by atoms with Gasteiger partial charge in [0.1, 0.15) is 0 Å². The summed E-state index contributed by atoms with van der Waals surface area (Å²) in [6.07, 6.45) is 1.71. The van der Waals surface area contributed by atoms with E-state index in [9.17, 15) is 0 Å². The first kappa shape index (κ1) is 21.9. The van der Waals surface area contributed by atoms with E-state index in [1.807, 2.05) is 0 Å². The Kier molecular flexibility index (Phi) is 6.77. The topological polar surface area (TPSA) is 47.7 Å². The van der Waals surface area contributed by atoms with Crippen molar-refractivity contribution in [3.05, 3.63) is 42.1 Å². The van der Waals surface area contributed by atoms with Crippen LogP contribution in [0.1, 0.15) is 59.9 Å². The molecule has 0 aromatic heterocycles. The summed E-state index contributed by atoms with van der Waals surface area (Å²) < 4.78 is 12.2. The van der Waals surface area contributed by atoms with Gasteiger partial charge in [-0.15, -0.1) is 0 Å². The number of benzene rings is 1. The van der Waals surface area contributed by atoms with E-state index in [1.165, 1.54) is 11.3 Å². The fourth-order valence-corrected chi connectivity index (χ4v) is 3.61. The van der Waals surface area contributed by atoms with Gasteiger partial charge in [-0.2, -0.15) is 0 Å². The Hall–Kier alpha value is -1.36. The predicted octanol–water partition coefficient (Wildman–Crippen LogP) is 4.63. The third-order valence-electron chi connectivity index (χ3n) is 5.67. The number of anilines is 1. The Labute approximate surface area is 165 Å². The van der Waals surface area contributed by atoms with Crippen molar-refractivity contribution in [3.8, 4) is 0 Å². The number of hydrogen-bond donors (Lipinski definition) is 1. The third kappa shape index (κ3) is 5.34. The summed E-state index contributed by atoms with van der Waals surface area (Å²) in [5.41, 5.74) is 8.94. The van der Waals surface area contributed by atoms with Crippen LogP contribution in [0, 0.1) is 0 Å². The van der Waals surface area contributed by atoms with Crippen LogP contribution in [0.3, 0.4) is 0 Å². The first-order chi connectivity index (χ1) is 12.5. The van der Waals surface area contributed by atoms with Crippen LogP contribution < -0.4 is 10.6 Å². The predicted molar refractivity (Wildman–Crippen MR) is 114 cm³/mol. The molecule has 1 heterocycles. The monoisotopic (exact) mass is 374 g/mol. The molecule has 0 bridgehead atoms. The van der Waals surface area contributed by atoms with E-state index in [-0.39, 0.29) is 16.6 Å². The van der Waals surface area contributed by atoms with E-state index in [2.05, 4.69) is 77.3 Å². The van der Waals surface area contributed by atoms with E-state index in [1.54, 1.807) is 0 Å². The molecule has 0 amide bonds. The number of nitrogens with zero attached hydrogens (tertiary/aromatic N) is 1. The molecule has 27 heavy (non-hydrogen) atoms. The average molecular weight is 375 g/mol. The molecule has 1 aliphatic rings. The second-order valence-corrected chi connectivity index (χ2v) is 9.25. The molecule has 4 heteroatoms. The van der Waals surface area contributed by atoms with Gasteiger partial charge in [-0.05, 0) is 58.7 Å². The molecule has 1 aliphatic heterocycles. The summed E-state index contributed by atoms with van der Waals surface area (Å²) in [4.78, 5) is 2.30. The zero-order valence-corrected chi connectivity index (χ0v) is 18.1. The van der Waals surface area contributed by atoms with Crippen molar-refractivity contribution in [2.45, 2.75) is 71.0 Å². The molecule has 2 rings (SSSR count). The molecule has 0 aliphatic carbocycles. The lowest BCUT2D eigenvalue weighted by Gasteiger charge is -2.31. The molecular weight excluding hydrogens is 336 g/mol. The SMILES string of the molecule is C=C1N(CCOC(C)(C)CCOC(C)(C)CCN)c2ccccc2C1(C)C. The van der Waals surface area contributed by atoms with Gasteiger partial charge in [0.05, 0.1) is 24.4 Å². The van der Waals surface area contributed by atoms with Crippen LogP contribution >= 0.6 is 0 Å². The molecule has 1 aromatic rings. The largest absolute Gasteiger partial charge is 0.375 e. The highest BCUT2D eigenvalue weighted by atomic mass is 16.5. The van der Waals surface area contributed by atoms with E-state index >= 15 is 0 Å². The second-order valence-electron chi connectivity index (χ2n) is 9.25. The standard InChI is InChI=1S/C23H38N2O2/c1-18-23(6,7)19-10-8-9-11-20(19)25(18)15-17-27-22(4,5)13-16-26-21(2,3)12-14-24/h8-11H,1,12-17,24H2,2-7H3. The number of allylic oxidation sites excluding steroid dienone is 1. The minimum Gasteiger partial charge on any atom is -0.375 e. The van der Waals surface area contributed by atoms with Crippen molar-refractivity contribution < 1.29 is 9.47 Å². The number of rotatable bonds is 10. The van der Waals surface area contributed by atoms with Gasteiger partial charge in [0, 0.05) is 23.3 Å². The van der Waals surface area contributed by atoms with Gasteiger partial charge in [0.15, 0.2) is 0 Å². The number of para-hydroxylation sites is 1. The zero-order chi connectivity index (χ0) is 20.3. The highest BCUT2D eigenvalue weighted by molar-refractivity contribution is 5.69. The highest BCUT2D eigenvalue weighted by Gasteiger charge is 2.38. The average Bonchev–Trinajstić information content (AvgIpc) is 2.75. The summed E-state index contributed by atoms with van der Waals surface area (Å²) in [6.45, 7) is 20.0. The number of ether oxygens (including phenoxy) is 2. The van der Waals surface area contributed by atoms with Crippen molar-refractivity contribution in [1.82, 2.24) is 0 Å². The van der Waals surface area contributed by atoms with Gasteiger partial charge in [-0.3, -0.25) is 0 Å². The minimum absolute atomic E-state index is 0.0332. The van der Waals surface area contributed by atoms with Crippen LogP contribution in [0.5, 0.6) is 0 Å². The quantitative estimate of drug-likeness (QED) is 0.649. The number of nitrogens with two attached hydrogens (primary N) is 1. The molecule has 0 unspecified atom stereocenters. The molecule has 152 valence electrons. The molecule has 1 aromatic carbocycles. The molecule has 0 atom stereocenters. The van der Waals surface area contributed by atoms with Crippen molar-refractivity contribution in [2.24, 2.45) is 5.73 Å². The lowest BCUT2D eigenvalue weighted by molar-refractivity contribution is -0.0717. The molecule has 0 saturated carbocycles. The van der Waals surface area contributed by atoms with Gasteiger partial charge in [-0.25, -0.2) is 0 Å². The first-order valence-corrected chi connectivity index (χ1v) is 10.0. The molecule has 0 saturated heterocycles. The summed E-state index contributed by atoms with van der Waals surface area (Å²) in [5.74, 6) is 0. The molecule has 0 radical (unpaired) electrons. The fraction of sp³-hybridized carbons (Fsp3) is 0.652. The molecule has 4 nitrogen and oxygen atoms in total. The number of hydrogen-bond acceptors (Lipinski definition) is 4. The molecular formula is C23H38N2O2. The van der Waals surface area contributed by atoms with Crippen molar-refractivity contribution >= 4 is 5.69 Å². The van der Waals surface area contributed by atoms with Crippen molar-refractivity contribution in [3.63, 3.8) is 0 Å². The summed E-state index contributed by atoms with van der Waals surface area (Å²) >= 11 is 0.